The van der Waals surface area contributed by atoms with Crippen LogP contribution in [0, 0.1) is 0 Å². The molecule has 2 nitrogen and oxygen atoms in total. The van der Waals surface area contributed by atoms with Gasteiger partial charge < -0.3 is 17.7 Å². The van der Waals surface area contributed by atoms with E-state index in [0.29, 0.717) is 0 Å². The molecule has 0 saturated carbocycles. The molecule has 1 heterocycles. The molecule has 0 bridgehead atoms. The van der Waals surface area contributed by atoms with Crippen LogP contribution in [0.4, 0.5) is 12.9 Å². The molecular formula is C9H10BF3KNO. The molecule has 0 fully saturated rings. The van der Waals surface area contributed by atoms with Gasteiger partial charge in [-0.1, -0.05) is 12.0 Å². The fraction of sp³-hybridized carbons (Fsp3) is 0.222. The van der Waals surface area contributed by atoms with Crippen molar-refractivity contribution in [2.24, 2.45) is 0 Å². The summed E-state index contributed by atoms with van der Waals surface area (Å²) >= 11 is 0. The van der Waals surface area contributed by atoms with Crippen molar-refractivity contribution >= 4 is 12.4 Å². The number of aromatic nitrogens is 1. The summed E-state index contributed by atoms with van der Waals surface area (Å²) in [6.07, 6.45) is 2.03. The first-order valence-electron chi connectivity index (χ1n) is 4.31. The van der Waals surface area contributed by atoms with Crippen LogP contribution in [0.1, 0.15) is 6.92 Å². The quantitative estimate of drug-likeness (QED) is 0.513. The molecule has 7 heteroatoms. The van der Waals surface area contributed by atoms with Gasteiger partial charge in [0.15, 0.2) is 0 Å². The summed E-state index contributed by atoms with van der Waals surface area (Å²) in [5.74, 6) is 0.106. The molecular weight excluding hydrogens is 245 g/mol. The first-order valence-corrected chi connectivity index (χ1v) is 4.31. The molecule has 0 saturated heterocycles. The van der Waals surface area contributed by atoms with Crippen LogP contribution in [0.15, 0.2) is 30.6 Å². The van der Waals surface area contributed by atoms with Crippen molar-refractivity contribution in [2.45, 2.75) is 6.92 Å². The van der Waals surface area contributed by atoms with Crippen molar-refractivity contribution in [3.63, 3.8) is 0 Å². The van der Waals surface area contributed by atoms with Gasteiger partial charge in [-0.2, -0.15) is 0 Å². The Morgan fingerprint density at radius 3 is 2.56 bits per heavy atom. The minimum atomic E-state index is -5.02. The Morgan fingerprint density at radius 2 is 2.06 bits per heavy atom. The third-order valence-corrected chi connectivity index (χ3v) is 1.60. The average Bonchev–Trinajstić information content (AvgIpc) is 2.14. The third kappa shape index (κ3) is 5.49. The zero-order valence-electron chi connectivity index (χ0n) is 9.21. The van der Waals surface area contributed by atoms with Gasteiger partial charge >= 0.3 is 58.4 Å². The maximum atomic E-state index is 12.3. The predicted octanol–water partition coefficient (Wildman–Crippen LogP) is -0.905. The molecule has 1 rings (SSSR count). The fourth-order valence-corrected chi connectivity index (χ4v) is 0.900. The fourth-order valence-electron chi connectivity index (χ4n) is 0.900. The molecule has 16 heavy (non-hydrogen) atoms. The van der Waals surface area contributed by atoms with E-state index in [1.165, 1.54) is 6.20 Å². The molecule has 0 spiro atoms. The van der Waals surface area contributed by atoms with Crippen molar-refractivity contribution in [2.75, 3.05) is 6.61 Å². The Balaban J connectivity index is 0.00000225. The monoisotopic (exact) mass is 255 g/mol. The van der Waals surface area contributed by atoms with Gasteiger partial charge in [0.1, 0.15) is 12.4 Å². The first-order chi connectivity index (χ1) is 6.89. The summed E-state index contributed by atoms with van der Waals surface area (Å²) < 4.78 is 42.0. The second kappa shape index (κ2) is 6.81. The minimum absolute atomic E-state index is 0. The van der Waals surface area contributed by atoms with E-state index in [1.54, 1.807) is 6.92 Å². The van der Waals surface area contributed by atoms with E-state index in [0.717, 1.165) is 17.8 Å². The molecule has 0 unspecified atom stereocenters. The summed E-state index contributed by atoms with van der Waals surface area (Å²) in [4.78, 5) is 3.47. The Labute approximate surface area is 135 Å². The largest absolute Gasteiger partial charge is 1.00 e. The predicted molar refractivity (Wildman–Crippen MR) is 53.3 cm³/mol. The normalized spacial score (nSPS) is 10.5. The molecule has 0 aromatic carbocycles. The van der Waals surface area contributed by atoms with Gasteiger partial charge in [-0.15, -0.1) is 0 Å². The van der Waals surface area contributed by atoms with Crippen LogP contribution < -0.4 is 61.6 Å². The smallest absolute Gasteiger partial charge is 0.488 e. The van der Waals surface area contributed by atoms with Crippen molar-refractivity contribution in [3.05, 3.63) is 30.6 Å². The van der Waals surface area contributed by atoms with Gasteiger partial charge in [0.25, 0.3) is 0 Å². The molecule has 0 N–H and O–H groups in total. The summed E-state index contributed by atoms with van der Waals surface area (Å²) in [5, 5.41) is 0. The average molecular weight is 255 g/mol. The SMILES string of the molecule is C=C(C)COc1cncc([B-](F)(F)F)c1.[K+]. The van der Waals surface area contributed by atoms with Crippen LogP contribution in [-0.2, 0) is 0 Å². The molecule has 82 valence electrons. The van der Waals surface area contributed by atoms with Gasteiger partial charge in [0.05, 0.1) is 6.20 Å². The van der Waals surface area contributed by atoms with Crippen LogP contribution in [0.25, 0.3) is 0 Å². The van der Waals surface area contributed by atoms with Crippen LogP contribution in [0.3, 0.4) is 0 Å². The van der Waals surface area contributed by atoms with Crippen LogP contribution in [0.5, 0.6) is 5.75 Å². The summed E-state index contributed by atoms with van der Waals surface area (Å²) in [6, 6.07) is 0.940. The number of ether oxygens (including phenoxy) is 1. The van der Waals surface area contributed by atoms with E-state index in [2.05, 4.69) is 11.6 Å². The molecule has 0 aliphatic rings. The van der Waals surface area contributed by atoms with E-state index in [4.69, 9.17) is 4.74 Å². The summed E-state index contributed by atoms with van der Waals surface area (Å²) in [5.41, 5.74) is -0.0212. The maximum absolute atomic E-state index is 12.3. The third-order valence-electron chi connectivity index (χ3n) is 1.60. The molecule has 1 aromatic heterocycles. The molecule has 0 aliphatic carbocycles. The van der Waals surface area contributed by atoms with Gasteiger partial charge in [-0.25, -0.2) is 0 Å². The number of pyridine rings is 1. The van der Waals surface area contributed by atoms with Crippen LogP contribution in [-0.4, -0.2) is 18.6 Å². The van der Waals surface area contributed by atoms with Crippen LogP contribution >= 0.6 is 0 Å². The zero-order valence-corrected chi connectivity index (χ0v) is 12.3. The summed E-state index contributed by atoms with van der Waals surface area (Å²) in [7, 11) is 0. The first kappa shape index (κ1) is 16.2. The Morgan fingerprint density at radius 1 is 1.44 bits per heavy atom. The van der Waals surface area contributed by atoms with Crippen molar-refractivity contribution in [1.29, 1.82) is 0 Å². The van der Waals surface area contributed by atoms with E-state index in [-0.39, 0.29) is 63.7 Å². The van der Waals surface area contributed by atoms with E-state index >= 15 is 0 Å². The van der Waals surface area contributed by atoms with Gasteiger partial charge in [0.2, 0.25) is 0 Å². The zero-order chi connectivity index (χ0) is 11.5. The van der Waals surface area contributed by atoms with Gasteiger partial charge in [0, 0.05) is 6.20 Å². The molecule has 0 amide bonds. The van der Waals surface area contributed by atoms with E-state index in [1.807, 2.05) is 0 Å². The topological polar surface area (TPSA) is 22.1 Å². The van der Waals surface area contributed by atoms with Crippen molar-refractivity contribution in [1.82, 2.24) is 4.98 Å². The second-order valence-electron chi connectivity index (χ2n) is 3.27. The molecule has 1 aromatic rings. The number of nitrogens with zero attached hydrogens (tertiary/aromatic N) is 1. The minimum Gasteiger partial charge on any atom is -0.488 e. The van der Waals surface area contributed by atoms with Crippen molar-refractivity contribution < 1.29 is 69.1 Å². The van der Waals surface area contributed by atoms with Gasteiger partial charge in [-0.05, 0) is 18.6 Å². The number of hydrogen-bond donors (Lipinski definition) is 0. The van der Waals surface area contributed by atoms with E-state index < -0.39 is 12.4 Å². The number of rotatable bonds is 4. The van der Waals surface area contributed by atoms with Crippen molar-refractivity contribution in [3.8, 4) is 5.75 Å². The van der Waals surface area contributed by atoms with Gasteiger partial charge in [-0.3, -0.25) is 4.98 Å². The van der Waals surface area contributed by atoms with Crippen LogP contribution in [0.2, 0.25) is 0 Å². The Kier molecular flexibility index (Phi) is 6.88. The molecule has 0 aliphatic heterocycles. The number of halogens is 3. The van der Waals surface area contributed by atoms with E-state index in [9.17, 15) is 12.9 Å². The summed E-state index contributed by atoms with van der Waals surface area (Å²) in [6.45, 7) is 0.475. The Bertz CT molecular complexity index is 370. The Hall–Kier alpha value is 0.181. The molecule has 0 radical (unpaired) electrons. The number of hydrogen-bond acceptors (Lipinski definition) is 2. The maximum Gasteiger partial charge on any atom is 1.00 e. The standard InChI is InChI=1S/C9H10BF3NO.K/c1-7(2)6-15-9-3-8(4-14-5-9)10(11,12)13;/h3-5H,1,6H2,2H3;/q-1;+1. The molecule has 0 atom stereocenters. The second-order valence-corrected chi connectivity index (χ2v) is 3.27.